The van der Waals surface area contributed by atoms with Crippen molar-refractivity contribution in [3.8, 4) is 11.1 Å². The van der Waals surface area contributed by atoms with E-state index in [1.165, 1.54) is 16.9 Å². The lowest BCUT2D eigenvalue weighted by molar-refractivity contribution is 0.0529. The number of thiophene rings is 1. The van der Waals surface area contributed by atoms with Gasteiger partial charge in [0, 0.05) is 10.9 Å². The highest BCUT2D eigenvalue weighted by atomic mass is 32.1. The minimum absolute atomic E-state index is 0.350. The molecule has 0 saturated carbocycles. The van der Waals surface area contributed by atoms with E-state index in [9.17, 15) is 4.79 Å². The Morgan fingerprint density at radius 2 is 1.95 bits per heavy atom. The fraction of sp³-hybridized carbons (Fsp3) is 0.267. The number of nitrogens with two attached hydrogens (primary N) is 1. The molecular formula is C15H17NO2S. The fourth-order valence-electron chi connectivity index (χ4n) is 1.92. The number of anilines is 1. The average molecular weight is 275 g/mol. The topological polar surface area (TPSA) is 52.3 Å². The molecule has 2 N–H and O–H groups in total. The molecule has 0 saturated heterocycles. The predicted octanol–water partition coefficient (Wildman–Crippen LogP) is 3.74. The van der Waals surface area contributed by atoms with Crippen molar-refractivity contribution in [3.05, 3.63) is 40.8 Å². The Morgan fingerprint density at radius 1 is 1.26 bits per heavy atom. The van der Waals surface area contributed by atoms with Crippen molar-refractivity contribution >= 4 is 22.3 Å². The molecule has 0 aliphatic heterocycles. The first-order chi connectivity index (χ1) is 9.17. The molecule has 3 nitrogen and oxygen atoms in total. The molecule has 2 aromatic rings. The molecular weight excluding hydrogens is 258 g/mol. The molecule has 100 valence electrons. The molecule has 0 spiro atoms. The predicted molar refractivity (Wildman–Crippen MR) is 79.5 cm³/mol. The van der Waals surface area contributed by atoms with Crippen LogP contribution in [-0.2, 0) is 11.2 Å². The largest absolute Gasteiger partial charge is 0.462 e. The van der Waals surface area contributed by atoms with Crippen molar-refractivity contribution in [2.75, 3.05) is 12.3 Å². The molecule has 2 rings (SSSR count). The third kappa shape index (κ3) is 2.79. The highest BCUT2D eigenvalue weighted by Gasteiger charge is 2.19. The summed E-state index contributed by atoms with van der Waals surface area (Å²) in [6.45, 7) is 4.25. The van der Waals surface area contributed by atoms with Gasteiger partial charge >= 0.3 is 5.97 Å². The number of hydrogen-bond donors (Lipinski definition) is 1. The molecule has 0 fully saturated rings. The van der Waals surface area contributed by atoms with Gasteiger partial charge in [-0.25, -0.2) is 4.79 Å². The van der Waals surface area contributed by atoms with Crippen LogP contribution in [-0.4, -0.2) is 12.6 Å². The van der Waals surface area contributed by atoms with Crippen molar-refractivity contribution in [2.45, 2.75) is 20.3 Å². The molecule has 1 heterocycles. The average Bonchev–Trinajstić information content (AvgIpc) is 2.81. The quantitative estimate of drug-likeness (QED) is 0.865. The monoisotopic (exact) mass is 275 g/mol. The third-order valence-corrected chi connectivity index (χ3v) is 3.78. The van der Waals surface area contributed by atoms with Crippen LogP contribution in [0.25, 0.3) is 11.1 Å². The van der Waals surface area contributed by atoms with Gasteiger partial charge in [0.2, 0.25) is 0 Å². The molecule has 4 heteroatoms. The second kappa shape index (κ2) is 5.89. The van der Waals surface area contributed by atoms with Crippen LogP contribution in [0.4, 0.5) is 5.00 Å². The van der Waals surface area contributed by atoms with Gasteiger partial charge < -0.3 is 10.5 Å². The molecule has 0 bridgehead atoms. The standard InChI is InChI=1S/C15H17NO2S/c1-3-10-5-7-11(8-6-10)12-9-19-14(16)13(12)15(17)18-4-2/h5-9H,3-4,16H2,1-2H3. The number of ether oxygens (including phenoxy) is 1. The number of nitrogen functional groups attached to an aromatic ring is 1. The Hall–Kier alpha value is -1.81. The molecule has 0 aliphatic rings. The van der Waals surface area contributed by atoms with Crippen LogP contribution in [0.1, 0.15) is 29.8 Å². The first kappa shape index (κ1) is 13.6. The Kier molecular flexibility index (Phi) is 4.22. The molecule has 0 atom stereocenters. The zero-order valence-corrected chi connectivity index (χ0v) is 11.9. The Morgan fingerprint density at radius 3 is 2.53 bits per heavy atom. The van der Waals surface area contributed by atoms with Crippen LogP contribution in [0, 0.1) is 0 Å². The molecule has 0 radical (unpaired) electrons. The second-order valence-corrected chi connectivity index (χ2v) is 5.07. The fourth-order valence-corrected chi connectivity index (χ4v) is 2.73. The van der Waals surface area contributed by atoms with E-state index < -0.39 is 0 Å². The van der Waals surface area contributed by atoms with E-state index in [0.29, 0.717) is 17.2 Å². The van der Waals surface area contributed by atoms with Gasteiger partial charge in [-0.15, -0.1) is 11.3 Å². The summed E-state index contributed by atoms with van der Waals surface area (Å²) >= 11 is 1.37. The van der Waals surface area contributed by atoms with E-state index in [0.717, 1.165) is 17.5 Å². The van der Waals surface area contributed by atoms with Crippen LogP contribution in [0.15, 0.2) is 29.6 Å². The Balaban J connectivity index is 2.41. The van der Waals surface area contributed by atoms with Gasteiger partial charge in [0.1, 0.15) is 10.6 Å². The van der Waals surface area contributed by atoms with Gasteiger partial charge in [-0.05, 0) is 24.5 Å². The maximum Gasteiger partial charge on any atom is 0.341 e. The molecule has 19 heavy (non-hydrogen) atoms. The lowest BCUT2D eigenvalue weighted by atomic mass is 10.0. The molecule has 0 amide bonds. The smallest absolute Gasteiger partial charge is 0.341 e. The van der Waals surface area contributed by atoms with E-state index in [1.807, 2.05) is 17.5 Å². The van der Waals surface area contributed by atoms with Gasteiger partial charge in [-0.2, -0.15) is 0 Å². The van der Waals surface area contributed by atoms with Crippen molar-refractivity contribution in [1.82, 2.24) is 0 Å². The number of rotatable bonds is 4. The molecule has 0 unspecified atom stereocenters. The summed E-state index contributed by atoms with van der Waals surface area (Å²) in [4.78, 5) is 11.9. The first-order valence-corrected chi connectivity index (χ1v) is 7.18. The van der Waals surface area contributed by atoms with Gasteiger partial charge in [-0.3, -0.25) is 0 Å². The zero-order valence-electron chi connectivity index (χ0n) is 11.1. The van der Waals surface area contributed by atoms with Crippen LogP contribution >= 0.6 is 11.3 Å². The Bertz CT molecular complexity index is 572. The maximum absolute atomic E-state index is 11.9. The number of carbonyl (C=O) groups excluding carboxylic acids is 1. The van der Waals surface area contributed by atoms with Crippen molar-refractivity contribution < 1.29 is 9.53 Å². The molecule has 0 aliphatic carbocycles. The SMILES string of the molecule is CCOC(=O)c1c(-c2ccc(CC)cc2)csc1N. The normalized spacial score (nSPS) is 10.4. The lowest BCUT2D eigenvalue weighted by Crippen LogP contribution is -2.07. The van der Waals surface area contributed by atoms with E-state index >= 15 is 0 Å². The molecule has 1 aromatic carbocycles. The minimum Gasteiger partial charge on any atom is -0.462 e. The zero-order chi connectivity index (χ0) is 13.8. The van der Waals surface area contributed by atoms with E-state index in [2.05, 4.69) is 19.1 Å². The highest BCUT2D eigenvalue weighted by Crippen LogP contribution is 2.34. The number of hydrogen-bond acceptors (Lipinski definition) is 4. The minimum atomic E-state index is -0.351. The van der Waals surface area contributed by atoms with E-state index in [1.54, 1.807) is 6.92 Å². The number of benzene rings is 1. The summed E-state index contributed by atoms with van der Waals surface area (Å²) < 4.78 is 5.06. The number of carbonyl (C=O) groups is 1. The Labute approximate surface area is 117 Å². The van der Waals surface area contributed by atoms with Crippen LogP contribution in [0.2, 0.25) is 0 Å². The summed E-state index contributed by atoms with van der Waals surface area (Å²) in [6.07, 6.45) is 0.997. The summed E-state index contributed by atoms with van der Waals surface area (Å²) in [7, 11) is 0. The van der Waals surface area contributed by atoms with Crippen molar-refractivity contribution in [1.29, 1.82) is 0 Å². The van der Waals surface area contributed by atoms with E-state index in [4.69, 9.17) is 10.5 Å². The van der Waals surface area contributed by atoms with Crippen molar-refractivity contribution in [2.24, 2.45) is 0 Å². The summed E-state index contributed by atoms with van der Waals surface area (Å²) in [6, 6.07) is 8.17. The first-order valence-electron chi connectivity index (χ1n) is 6.30. The lowest BCUT2D eigenvalue weighted by Gasteiger charge is -2.06. The third-order valence-electron chi connectivity index (χ3n) is 2.97. The van der Waals surface area contributed by atoms with Crippen LogP contribution < -0.4 is 5.73 Å². The summed E-state index contributed by atoms with van der Waals surface area (Å²) in [5, 5.41) is 2.41. The highest BCUT2D eigenvalue weighted by molar-refractivity contribution is 7.14. The number of aryl methyl sites for hydroxylation is 1. The maximum atomic E-state index is 11.9. The second-order valence-electron chi connectivity index (χ2n) is 4.16. The van der Waals surface area contributed by atoms with Gasteiger partial charge in [0.15, 0.2) is 0 Å². The van der Waals surface area contributed by atoms with E-state index in [-0.39, 0.29) is 5.97 Å². The van der Waals surface area contributed by atoms with Gasteiger partial charge in [-0.1, -0.05) is 31.2 Å². The van der Waals surface area contributed by atoms with Crippen LogP contribution in [0.5, 0.6) is 0 Å². The van der Waals surface area contributed by atoms with Gasteiger partial charge in [0.05, 0.1) is 6.61 Å². The summed E-state index contributed by atoms with van der Waals surface area (Å²) in [5.41, 5.74) is 9.48. The molecule has 1 aromatic heterocycles. The van der Waals surface area contributed by atoms with Gasteiger partial charge in [0.25, 0.3) is 0 Å². The van der Waals surface area contributed by atoms with Crippen LogP contribution in [0.3, 0.4) is 0 Å². The summed E-state index contributed by atoms with van der Waals surface area (Å²) in [5.74, 6) is -0.351. The van der Waals surface area contributed by atoms with Crippen molar-refractivity contribution in [3.63, 3.8) is 0 Å². The number of esters is 1.